The van der Waals surface area contributed by atoms with Crippen molar-refractivity contribution in [2.24, 2.45) is 4.99 Å². The van der Waals surface area contributed by atoms with Crippen molar-refractivity contribution < 1.29 is 15.1 Å². The van der Waals surface area contributed by atoms with E-state index in [2.05, 4.69) is 20.9 Å². The number of phenolic OH excluding ortho intramolecular Hbond substituents is 2. The number of aliphatic imine (C=N–C) groups is 1. The second-order valence-corrected chi connectivity index (χ2v) is 7.72. The molecule has 0 radical (unpaired) electrons. The van der Waals surface area contributed by atoms with E-state index >= 15 is 0 Å². The van der Waals surface area contributed by atoms with Crippen LogP contribution in [0.15, 0.2) is 33.7 Å². The average Bonchev–Trinajstić information content (AvgIpc) is 2.50. The minimum atomic E-state index is -0.573. The van der Waals surface area contributed by atoms with Gasteiger partial charge in [0.05, 0.1) is 14.4 Å². The van der Waals surface area contributed by atoms with Crippen molar-refractivity contribution in [3.8, 4) is 11.5 Å². The van der Waals surface area contributed by atoms with Gasteiger partial charge in [0.15, 0.2) is 5.75 Å². The van der Waals surface area contributed by atoms with Gasteiger partial charge in [0.25, 0.3) is 5.69 Å². The zero-order valence-electron chi connectivity index (χ0n) is 13.7. The molecule has 8 heteroatoms. The maximum Gasteiger partial charge on any atom is 0.271 e. The molecule has 0 bridgehead atoms. The first-order chi connectivity index (χ1) is 11.5. The van der Waals surface area contributed by atoms with Crippen LogP contribution in [0.25, 0.3) is 0 Å². The zero-order valence-corrected chi connectivity index (χ0v) is 16.1. The predicted octanol–water partition coefficient (Wildman–Crippen LogP) is 5.47. The highest BCUT2D eigenvalue weighted by molar-refractivity contribution is 9.10. The Labute approximate surface area is 158 Å². The summed E-state index contributed by atoms with van der Waals surface area (Å²) in [6.45, 7) is 5.98. The average molecular weight is 428 g/mol. The molecule has 0 aliphatic rings. The number of non-ortho nitro benzene ring substituents is 1. The van der Waals surface area contributed by atoms with Crippen molar-refractivity contribution in [2.45, 2.75) is 26.2 Å². The van der Waals surface area contributed by atoms with Gasteiger partial charge in [0.1, 0.15) is 11.4 Å². The van der Waals surface area contributed by atoms with Crippen molar-refractivity contribution in [3.63, 3.8) is 0 Å². The third kappa shape index (κ3) is 4.29. The van der Waals surface area contributed by atoms with Crippen LogP contribution < -0.4 is 0 Å². The molecule has 0 saturated carbocycles. The molecule has 0 fully saturated rings. The van der Waals surface area contributed by atoms with Gasteiger partial charge in [-0.25, -0.2) is 0 Å². The molecule has 0 atom stereocenters. The van der Waals surface area contributed by atoms with Crippen LogP contribution in [0.2, 0.25) is 5.02 Å². The van der Waals surface area contributed by atoms with Gasteiger partial charge in [-0.1, -0.05) is 32.4 Å². The summed E-state index contributed by atoms with van der Waals surface area (Å²) in [4.78, 5) is 14.5. The normalized spacial score (nSPS) is 11.9. The van der Waals surface area contributed by atoms with E-state index in [4.69, 9.17) is 11.6 Å². The van der Waals surface area contributed by atoms with Crippen LogP contribution >= 0.6 is 27.5 Å². The third-order valence-corrected chi connectivity index (χ3v) is 4.43. The highest BCUT2D eigenvalue weighted by Crippen LogP contribution is 2.39. The number of hydrogen-bond acceptors (Lipinski definition) is 5. The van der Waals surface area contributed by atoms with Gasteiger partial charge in [-0.15, -0.1) is 0 Å². The summed E-state index contributed by atoms with van der Waals surface area (Å²) in [5.74, 6) is -0.387. The summed E-state index contributed by atoms with van der Waals surface area (Å²) in [5, 5.41) is 31.2. The van der Waals surface area contributed by atoms with Crippen LogP contribution in [-0.4, -0.2) is 21.4 Å². The molecule has 132 valence electrons. The Hall–Kier alpha value is -2.12. The lowest BCUT2D eigenvalue weighted by Gasteiger charge is -2.20. The number of aromatic hydroxyl groups is 2. The van der Waals surface area contributed by atoms with Gasteiger partial charge in [-0.2, -0.15) is 0 Å². The van der Waals surface area contributed by atoms with Crippen molar-refractivity contribution in [3.05, 3.63) is 55.0 Å². The number of halogens is 2. The van der Waals surface area contributed by atoms with E-state index in [9.17, 15) is 20.3 Å². The number of phenols is 2. The molecule has 0 unspecified atom stereocenters. The Kier molecular flexibility index (Phi) is 5.39. The molecular formula is C17H16BrClN2O4. The maximum atomic E-state index is 10.9. The van der Waals surface area contributed by atoms with Gasteiger partial charge in [0.2, 0.25) is 0 Å². The summed E-state index contributed by atoms with van der Waals surface area (Å²) in [7, 11) is 0. The second kappa shape index (κ2) is 7.01. The summed E-state index contributed by atoms with van der Waals surface area (Å²) in [5.41, 5.74) is 0.805. The lowest BCUT2D eigenvalue weighted by atomic mass is 9.87. The van der Waals surface area contributed by atoms with Crippen molar-refractivity contribution >= 4 is 45.1 Å². The molecule has 6 nitrogen and oxygen atoms in total. The van der Waals surface area contributed by atoms with Crippen LogP contribution in [0.3, 0.4) is 0 Å². The molecule has 0 aromatic heterocycles. The van der Waals surface area contributed by atoms with Crippen LogP contribution in [0, 0.1) is 10.1 Å². The van der Waals surface area contributed by atoms with Crippen molar-refractivity contribution in [2.75, 3.05) is 0 Å². The van der Waals surface area contributed by atoms with E-state index in [-0.39, 0.29) is 43.3 Å². The molecule has 2 aromatic carbocycles. The van der Waals surface area contributed by atoms with E-state index in [1.807, 2.05) is 20.8 Å². The first-order valence-electron chi connectivity index (χ1n) is 7.24. The highest BCUT2D eigenvalue weighted by atomic mass is 79.9. The van der Waals surface area contributed by atoms with Gasteiger partial charge in [-0.05, 0) is 39.0 Å². The number of benzene rings is 2. The second-order valence-electron chi connectivity index (χ2n) is 6.46. The highest BCUT2D eigenvalue weighted by Gasteiger charge is 2.18. The molecule has 0 aliphatic heterocycles. The number of nitrogens with zero attached hydrogens (tertiary/aromatic N) is 2. The summed E-state index contributed by atoms with van der Waals surface area (Å²) in [6.07, 6.45) is 1.24. The van der Waals surface area contributed by atoms with Gasteiger partial charge >= 0.3 is 0 Å². The fourth-order valence-electron chi connectivity index (χ4n) is 2.06. The molecule has 0 heterocycles. The van der Waals surface area contributed by atoms with E-state index < -0.39 is 4.92 Å². The first kappa shape index (κ1) is 19.2. The lowest BCUT2D eigenvalue weighted by Crippen LogP contribution is -2.10. The molecule has 0 saturated heterocycles. The van der Waals surface area contributed by atoms with Crippen LogP contribution in [0.5, 0.6) is 11.5 Å². The summed E-state index contributed by atoms with van der Waals surface area (Å²) < 4.78 is 0.175. The van der Waals surface area contributed by atoms with E-state index in [0.29, 0.717) is 0 Å². The Bertz CT molecular complexity index is 876. The number of rotatable bonds is 3. The molecule has 0 spiro atoms. The Morgan fingerprint density at radius 2 is 1.84 bits per heavy atom. The maximum absolute atomic E-state index is 10.9. The predicted molar refractivity (Wildman–Crippen MR) is 102 cm³/mol. The van der Waals surface area contributed by atoms with Gasteiger partial charge < -0.3 is 10.2 Å². The Morgan fingerprint density at radius 3 is 2.40 bits per heavy atom. The standard InChI is InChI=1S/C17H16BrClN2O4/c1-17(2,3)10-5-13(19)16(23)14(6-10)20-8-9-4-11(21(24)25)7-12(18)15(9)22/h4-8,22-23H,1-3H3. The SMILES string of the molecule is CC(C)(C)c1cc(Cl)c(O)c(N=Cc2cc([N+](=O)[O-])cc(Br)c2O)c1. The Balaban J connectivity index is 2.53. The summed E-state index contributed by atoms with van der Waals surface area (Å²) >= 11 is 9.13. The molecule has 2 aromatic rings. The van der Waals surface area contributed by atoms with Crippen molar-refractivity contribution in [1.82, 2.24) is 0 Å². The topological polar surface area (TPSA) is 96.0 Å². The van der Waals surface area contributed by atoms with E-state index in [1.54, 1.807) is 12.1 Å². The van der Waals surface area contributed by atoms with E-state index in [0.717, 1.165) is 5.56 Å². The monoisotopic (exact) mass is 426 g/mol. The molecule has 2 rings (SSSR count). The fraction of sp³-hybridized carbons (Fsp3) is 0.235. The molecular weight excluding hydrogens is 412 g/mol. The molecule has 0 aliphatic carbocycles. The fourth-order valence-corrected chi connectivity index (χ4v) is 2.74. The van der Waals surface area contributed by atoms with Gasteiger partial charge in [0, 0.05) is 23.9 Å². The lowest BCUT2D eigenvalue weighted by molar-refractivity contribution is -0.385. The van der Waals surface area contributed by atoms with Gasteiger partial charge in [-0.3, -0.25) is 15.1 Å². The minimum Gasteiger partial charge on any atom is -0.506 e. The van der Waals surface area contributed by atoms with Crippen LogP contribution in [-0.2, 0) is 5.41 Å². The number of nitro benzene ring substituents is 1. The third-order valence-electron chi connectivity index (χ3n) is 3.54. The zero-order chi connectivity index (χ0) is 18.9. The van der Waals surface area contributed by atoms with Crippen LogP contribution in [0.1, 0.15) is 31.9 Å². The van der Waals surface area contributed by atoms with Crippen LogP contribution in [0.4, 0.5) is 11.4 Å². The molecule has 0 amide bonds. The molecule has 25 heavy (non-hydrogen) atoms. The van der Waals surface area contributed by atoms with E-state index in [1.165, 1.54) is 18.3 Å². The Morgan fingerprint density at radius 1 is 1.20 bits per heavy atom. The largest absolute Gasteiger partial charge is 0.506 e. The smallest absolute Gasteiger partial charge is 0.271 e. The molecule has 2 N–H and O–H groups in total. The van der Waals surface area contributed by atoms with Crippen molar-refractivity contribution in [1.29, 1.82) is 0 Å². The number of nitro groups is 1. The first-order valence-corrected chi connectivity index (χ1v) is 8.41. The number of hydrogen-bond donors (Lipinski definition) is 2. The summed E-state index contributed by atoms with van der Waals surface area (Å²) in [6, 6.07) is 5.73. The quantitative estimate of drug-likeness (QED) is 0.385. The minimum absolute atomic E-state index is 0.137.